The van der Waals surface area contributed by atoms with Crippen LogP contribution in [-0.2, 0) is 52.2 Å². The van der Waals surface area contributed by atoms with E-state index >= 15 is 0 Å². The molecular formula is C63H82O20. The largest absolute Gasteiger partial charge is 0.508 e. The van der Waals surface area contributed by atoms with Crippen molar-refractivity contribution in [3.05, 3.63) is 106 Å². The van der Waals surface area contributed by atoms with Crippen molar-refractivity contribution in [3.63, 3.8) is 0 Å². The molecule has 0 radical (unpaired) electrons. The van der Waals surface area contributed by atoms with Crippen molar-refractivity contribution in [2.45, 2.75) is 191 Å². The van der Waals surface area contributed by atoms with E-state index in [1.54, 1.807) is 40.2 Å². The summed E-state index contributed by atoms with van der Waals surface area (Å²) in [6.07, 6.45) is 8.55. The number of phenolic OH excluding ortho intramolecular Hbond substituents is 3. The van der Waals surface area contributed by atoms with Gasteiger partial charge < -0.3 is 87.5 Å². The summed E-state index contributed by atoms with van der Waals surface area (Å²) >= 11 is 0. The predicted molar refractivity (Wildman–Crippen MR) is 302 cm³/mol. The number of allylic oxidation sites excluding steroid dienone is 2. The average Bonchev–Trinajstić information content (AvgIpc) is 2.13. The fourth-order valence-corrected chi connectivity index (χ4v) is 12.6. The average molecular weight is 1160 g/mol. The quantitative estimate of drug-likeness (QED) is 0.0615. The maximum Gasteiger partial charge on any atom is 0.316 e. The lowest BCUT2D eigenvalue weighted by Crippen LogP contribution is -2.58. The van der Waals surface area contributed by atoms with Gasteiger partial charge in [-0.05, 0) is 93.2 Å². The van der Waals surface area contributed by atoms with Crippen LogP contribution in [0.4, 0.5) is 0 Å². The molecule has 1 spiro atoms. The number of esters is 1. The van der Waals surface area contributed by atoms with E-state index in [0.717, 1.165) is 18.1 Å². The van der Waals surface area contributed by atoms with Crippen molar-refractivity contribution in [1.82, 2.24) is 0 Å². The molecule has 7 aliphatic rings. The minimum absolute atomic E-state index is 0.0317. The number of fused-ring (bicyclic) bond motifs is 3. The molecule has 2 aromatic carbocycles. The van der Waals surface area contributed by atoms with Gasteiger partial charge in [-0.2, -0.15) is 0 Å². The van der Waals surface area contributed by atoms with Crippen molar-refractivity contribution < 1.29 is 92.3 Å². The molecule has 0 amide bonds. The number of rotatable bonds is 9. The molecule has 6 aliphatic heterocycles. The number of aliphatic hydroxyl groups is 3. The molecule has 83 heavy (non-hydrogen) atoms. The number of hydrogen-bond donors (Lipinski definition) is 7. The Bertz CT molecular complexity index is 3020. The van der Waals surface area contributed by atoms with Crippen LogP contribution >= 0.6 is 0 Å². The van der Waals surface area contributed by atoms with E-state index in [1.165, 1.54) is 30.3 Å². The second-order valence-electron chi connectivity index (χ2n) is 23.4. The van der Waals surface area contributed by atoms with Crippen molar-refractivity contribution in [1.29, 1.82) is 0 Å². The third-order valence-electron chi connectivity index (χ3n) is 17.6. The van der Waals surface area contributed by atoms with Crippen LogP contribution in [0.5, 0.6) is 23.0 Å². The molecule has 20 unspecified atom stereocenters. The molecular weight excluding hydrogens is 1080 g/mol. The SMILES string of the molecule is CCC(C)C1OC2(C=CC1C)CC1CC(CC=C(C)C(OC3CC(OC)C(OC4CC(OC)C(O)C(C)O4)C(C)O3)C(C)C=CC=C3COC4C(O)C(C)=CC(C(=O)O1)C34O)O2.O=c1c(O)c(-c2ccc(O)c(O)c2)oc2cc(O)ccc12. The number of hydrogen-bond acceptors (Lipinski definition) is 20. The first kappa shape index (κ1) is 62.1. The number of aromatic hydroxyl groups is 4. The summed E-state index contributed by atoms with van der Waals surface area (Å²) in [5.41, 5.74) is -0.210. The fraction of sp³-hybridized carbons (Fsp3) is 0.587. The Morgan fingerprint density at radius 1 is 0.807 bits per heavy atom. The summed E-state index contributed by atoms with van der Waals surface area (Å²) < 4.78 is 69.1. The minimum Gasteiger partial charge on any atom is -0.508 e. The van der Waals surface area contributed by atoms with Crippen LogP contribution in [0.25, 0.3) is 22.3 Å². The number of methoxy groups -OCH3 is 2. The van der Waals surface area contributed by atoms with E-state index in [-0.39, 0.29) is 76.5 Å². The van der Waals surface area contributed by atoms with E-state index in [4.69, 9.17) is 51.8 Å². The summed E-state index contributed by atoms with van der Waals surface area (Å²) in [5.74, 6) is -4.17. The number of carbonyl (C=O) groups is 1. The zero-order chi connectivity index (χ0) is 59.8. The molecule has 7 N–H and O–H groups in total. The van der Waals surface area contributed by atoms with Gasteiger partial charge in [-0.3, -0.25) is 9.59 Å². The Hall–Kier alpha value is -5.46. The van der Waals surface area contributed by atoms with Gasteiger partial charge in [0.25, 0.3) is 0 Å². The third kappa shape index (κ3) is 12.9. The Balaban J connectivity index is 0.000000328. The molecule has 20 nitrogen and oxygen atoms in total. The van der Waals surface area contributed by atoms with Gasteiger partial charge in [-0.15, -0.1) is 0 Å². The monoisotopic (exact) mass is 1160 g/mol. The highest BCUT2D eigenvalue weighted by Crippen LogP contribution is 2.47. The van der Waals surface area contributed by atoms with Gasteiger partial charge in [-0.25, -0.2) is 0 Å². The van der Waals surface area contributed by atoms with Crippen LogP contribution in [-0.4, -0.2) is 160 Å². The maximum absolute atomic E-state index is 14.3. The lowest BCUT2D eigenvalue weighted by molar-refractivity contribution is -0.318. The highest BCUT2D eigenvalue weighted by atomic mass is 16.7. The summed E-state index contributed by atoms with van der Waals surface area (Å²) in [5, 5.41) is 72.5. The highest BCUT2D eigenvalue weighted by molar-refractivity contribution is 5.83. The standard InChI is InChI=1S/C48H72O14.C15H10O6/c1-11-25(2)43-28(5)17-18-47(62-43)23-34-20-33(61-47)16-15-27(4)42(26(3)13-12-14-32-24-55-45-40(49)29(6)19-35(46(51)58-34)48(32,45)52)59-39-22-37(54-10)44(31(8)57-39)60-38-21-36(53-9)41(50)30(7)56-38;16-8-2-3-9-12(6-8)21-15(14(20)13(9)19)7-1-4-10(17)11(18)5-7/h12-15,17-19,25-26,28,30-31,33-45,49-50,52H,11,16,20-24H2,1-10H3;1-6,16-18,20H. The first-order valence-electron chi connectivity index (χ1n) is 28.8. The molecule has 10 rings (SSSR count). The molecule has 2 bridgehead atoms. The molecule has 3 aromatic rings. The number of ether oxygens (including phenoxy) is 10. The Morgan fingerprint density at radius 2 is 1.53 bits per heavy atom. The van der Waals surface area contributed by atoms with Gasteiger partial charge in [0.1, 0.15) is 53.4 Å². The van der Waals surface area contributed by atoms with Gasteiger partial charge in [-0.1, -0.05) is 70.6 Å². The van der Waals surface area contributed by atoms with Crippen LogP contribution in [0.1, 0.15) is 93.9 Å². The van der Waals surface area contributed by atoms with E-state index in [0.29, 0.717) is 43.3 Å². The lowest BCUT2D eigenvalue weighted by atomic mass is 9.71. The molecule has 20 heteroatoms. The van der Waals surface area contributed by atoms with Crippen LogP contribution in [0.15, 0.2) is 105 Å². The number of carbonyl (C=O) groups excluding carboxylic acids is 1. The van der Waals surface area contributed by atoms with E-state index in [9.17, 15) is 45.3 Å². The number of aliphatic hydroxyl groups excluding tert-OH is 2. The smallest absolute Gasteiger partial charge is 0.316 e. The van der Waals surface area contributed by atoms with E-state index < -0.39 is 108 Å². The summed E-state index contributed by atoms with van der Waals surface area (Å²) in [4.78, 5) is 26.4. The molecule has 20 atom stereocenters. The molecule has 1 aliphatic carbocycles. The molecule has 7 heterocycles. The fourth-order valence-electron chi connectivity index (χ4n) is 12.6. The van der Waals surface area contributed by atoms with Crippen LogP contribution < -0.4 is 5.43 Å². The maximum atomic E-state index is 14.3. The Kier molecular flexibility index (Phi) is 19.2. The zero-order valence-electron chi connectivity index (χ0n) is 48.8. The predicted octanol–water partition coefficient (Wildman–Crippen LogP) is 7.66. The normalized spacial score (nSPS) is 37.8. The zero-order valence-corrected chi connectivity index (χ0v) is 48.8. The minimum atomic E-state index is -1.84. The second-order valence-corrected chi connectivity index (χ2v) is 23.4. The first-order chi connectivity index (χ1) is 39.5. The van der Waals surface area contributed by atoms with Gasteiger partial charge in [0.15, 0.2) is 35.6 Å². The van der Waals surface area contributed by atoms with Crippen molar-refractivity contribution in [2.24, 2.45) is 23.7 Å². The molecule has 454 valence electrons. The highest BCUT2D eigenvalue weighted by Gasteiger charge is 2.60. The van der Waals surface area contributed by atoms with E-state index in [2.05, 4.69) is 39.8 Å². The molecule has 1 aromatic heterocycles. The summed E-state index contributed by atoms with van der Waals surface area (Å²) in [6.45, 7) is 16.1. The summed E-state index contributed by atoms with van der Waals surface area (Å²) in [7, 11) is 3.22. The van der Waals surface area contributed by atoms with Crippen LogP contribution in [0, 0.1) is 23.7 Å². The Labute approximate surface area is 483 Å². The first-order valence-corrected chi connectivity index (χ1v) is 28.8. The van der Waals surface area contributed by atoms with Gasteiger partial charge in [0, 0.05) is 63.4 Å². The molecule has 4 saturated heterocycles. The van der Waals surface area contributed by atoms with Gasteiger partial charge >= 0.3 is 5.97 Å². The van der Waals surface area contributed by atoms with Gasteiger partial charge in [0.05, 0.1) is 54.7 Å². The molecule has 4 fully saturated rings. The molecule has 0 saturated carbocycles. The van der Waals surface area contributed by atoms with Crippen LogP contribution in [0.3, 0.4) is 0 Å². The van der Waals surface area contributed by atoms with Crippen molar-refractivity contribution in [2.75, 3.05) is 20.8 Å². The third-order valence-corrected chi connectivity index (χ3v) is 17.6. The van der Waals surface area contributed by atoms with Crippen molar-refractivity contribution in [3.8, 4) is 34.3 Å². The van der Waals surface area contributed by atoms with Crippen LogP contribution in [0.2, 0.25) is 0 Å². The van der Waals surface area contributed by atoms with E-state index in [1.807, 2.05) is 32.1 Å². The second kappa shape index (κ2) is 25.6. The number of benzene rings is 2. The number of phenols is 3. The topological polar surface area (TPSA) is 281 Å². The van der Waals surface area contributed by atoms with Gasteiger partial charge in [0.2, 0.25) is 11.2 Å². The van der Waals surface area contributed by atoms with Crippen molar-refractivity contribution >= 4 is 16.9 Å². The summed E-state index contributed by atoms with van der Waals surface area (Å²) in [6, 6.07) is 7.64. The Morgan fingerprint density at radius 3 is 2.25 bits per heavy atom. The lowest BCUT2D eigenvalue weighted by Gasteiger charge is -2.48.